The van der Waals surface area contributed by atoms with E-state index in [-0.39, 0.29) is 21.9 Å². The number of carbonyl (C=O) groups is 1. The van der Waals surface area contributed by atoms with E-state index in [0.29, 0.717) is 0 Å². The van der Waals surface area contributed by atoms with Gasteiger partial charge in [0.15, 0.2) is 0 Å². The Morgan fingerprint density at radius 2 is 1.89 bits per heavy atom. The van der Waals surface area contributed by atoms with Gasteiger partial charge >= 0.3 is 6.18 Å². The summed E-state index contributed by atoms with van der Waals surface area (Å²) in [5.41, 5.74) is -0.817. The van der Waals surface area contributed by atoms with Crippen LogP contribution in [0.5, 0.6) is 5.75 Å². The fraction of sp³-hybridized carbons (Fsp3) is 0.118. The Morgan fingerprint density at radius 1 is 1.21 bits per heavy atom. The van der Waals surface area contributed by atoms with Gasteiger partial charge in [0.05, 0.1) is 17.7 Å². The standard InChI is InChI=1S/C17H14ClF3N2O4S/c1-27-14-6-4-11(9-15(14)28(22,25)26)23-16(24)7-3-10-2-5-13(18)12(8-10)17(19,20)21/h2-9H,1H3,(H,23,24)(H2,22,25,26)/b7-3+. The van der Waals surface area contributed by atoms with Gasteiger partial charge in [-0.1, -0.05) is 17.7 Å². The minimum atomic E-state index is -4.63. The molecule has 3 N–H and O–H groups in total. The van der Waals surface area contributed by atoms with Crippen molar-refractivity contribution >= 4 is 39.3 Å². The summed E-state index contributed by atoms with van der Waals surface area (Å²) in [5, 5.41) is 7.02. The van der Waals surface area contributed by atoms with Gasteiger partial charge in [-0.25, -0.2) is 13.6 Å². The van der Waals surface area contributed by atoms with Crippen LogP contribution in [0.4, 0.5) is 18.9 Å². The summed E-state index contributed by atoms with van der Waals surface area (Å²) in [7, 11) is -2.84. The lowest BCUT2D eigenvalue weighted by atomic mass is 10.1. The summed E-state index contributed by atoms with van der Waals surface area (Å²) in [6, 6.07) is 6.97. The molecule has 150 valence electrons. The number of amides is 1. The van der Waals surface area contributed by atoms with Crippen molar-refractivity contribution in [2.75, 3.05) is 12.4 Å². The van der Waals surface area contributed by atoms with Gasteiger partial charge in [-0.2, -0.15) is 13.2 Å². The molecule has 0 heterocycles. The summed E-state index contributed by atoms with van der Waals surface area (Å²) in [5.74, 6) is -0.703. The maximum Gasteiger partial charge on any atom is 0.417 e. The second kappa shape index (κ2) is 8.21. The Balaban J connectivity index is 2.21. The van der Waals surface area contributed by atoms with E-state index in [1.165, 1.54) is 25.3 Å². The summed E-state index contributed by atoms with van der Waals surface area (Å²) in [6.45, 7) is 0. The Kier molecular flexibility index (Phi) is 6.37. The van der Waals surface area contributed by atoms with Gasteiger partial charge in [-0.05, 0) is 42.0 Å². The van der Waals surface area contributed by atoms with E-state index < -0.39 is 32.7 Å². The van der Waals surface area contributed by atoms with Crippen LogP contribution in [0, 0.1) is 0 Å². The summed E-state index contributed by atoms with van der Waals surface area (Å²) < 4.78 is 66.6. The van der Waals surface area contributed by atoms with Gasteiger partial charge in [0.2, 0.25) is 15.9 Å². The number of sulfonamides is 1. The fourth-order valence-electron chi connectivity index (χ4n) is 2.20. The molecule has 0 aliphatic carbocycles. The van der Waals surface area contributed by atoms with Crippen LogP contribution in [0.25, 0.3) is 6.08 Å². The molecular weight excluding hydrogens is 421 g/mol. The highest BCUT2D eigenvalue weighted by atomic mass is 35.5. The van der Waals surface area contributed by atoms with Crippen LogP contribution in [0.1, 0.15) is 11.1 Å². The lowest BCUT2D eigenvalue weighted by Gasteiger charge is -2.10. The van der Waals surface area contributed by atoms with E-state index in [1.807, 2.05) is 0 Å². The molecule has 0 fully saturated rings. The Hall–Kier alpha value is -2.56. The first-order chi connectivity index (χ1) is 12.9. The first-order valence-electron chi connectivity index (χ1n) is 7.48. The maximum absolute atomic E-state index is 12.9. The zero-order valence-corrected chi connectivity index (χ0v) is 15.8. The highest BCUT2D eigenvalue weighted by Crippen LogP contribution is 2.35. The van der Waals surface area contributed by atoms with Crippen LogP contribution >= 0.6 is 11.6 Å². The second-order valence-corrected chi connectivity index (χ2v) is 7.41. The van der Waals surface area contributed by atoms with E-state index in [0.717, 1.165) is 30.4 Å². The average molecular weight is 435 g/mol. The van der Waals surface area contributed by atoms with Gasteiger partial charge < -0.3 is 10.1 Å². The summed E-state index contributed by atoms with van der Waals surface area (Å²) >= 11 is 5.53. The highest BCUT2D eigenvalue weighted by Gasteiger charge is 2.33. The minimum Gasteiger partial charge on any atom is -0.495 e. The predicted molar refractivity (Wildman–Crippen MR) is 98.5 cm³/mol. The van der Waals surface area contributed by atoms with Crippen molar-refractivity contribution < 1.29 is 31.1 Å². The van der Waals surface area contributed by atoms with Crippen molar-refractivity contribution in [3.63, 3.8) is 0 Å². The molecule has 0 aliphatic rings. The molecule has 0 bridgehead atoms. The third kappa shape index (κ3) is 5.47. The average Bonchev–Trinajstić information content (AvgIpc) is 2.59. The lowest BCUT2D eigenvalue weighted by Crippen LogP contribution is -2.15. The minimum absolute atomic E-state index is 0.00288. The lowest BCUT2D eigenvalue weighted by molar-refractivity contribution is -0.137. The van der Waals surface area contributed by atoms with Crippen molar-refractivity contribution in [3.8, 4) is 5.75 Å². The van der Waals surface area contributed by atoms with Crippen LogP contribution in [-0.2, 0) is 21.0 Å². The van der Waals surface area contributed by atoms with Crippen molar-refractivity contribution in [2.24, 2.45) is 5.14 Å². The number of nitrogens with one attached hydrogen (secondary N) is 1. The molecule has 0 spiro atoms. The Morgan fingerprint density at radius 3 is 2.46 bits per heavy atom. The normalized spacial score (nSPS) is 12.2. The number of hydrogen-bond donors (Lipinski definition) is 2. The van der Waals surface area contributed by atoms with E-state index in [2.05, 4.69) is 5.32 Å². The molecule has 2 aromatic rings. The number of methoxy groups -OCH3 is 1. The molecule has 0 aromatic heterocycles. The van der Waals surface area contributed by atoms with E-state index in [1.54, 1.807) is 0 Å². The van der Waals surface area contributed by atoms with Crippen LogP contribution < -0.4 is 15.2 Å². The third-order valence-electron chi connectivity index (χ3n) is 3.46. The van der Waals surface area contributed by atoms with Crippen molar-refractivity contribution in [1.29, 1.82) is 0 Å². The van der Waals surface area contributed by atoms with Crippen LogP contribution in [-0.4, -0.2) is 21.4 Å². The molecule has 0 unspecified atom stereocenters. The second-order valence-electron chi connectivity index (χ2n) is 5.47. The molecule has 11 heteroatoms. The number of anilines is 1. The predicted octanol–water partition coefficient (Wildman–Crippen LogP) is 3.67. The van der Waals surface area contributed by atoms with E-state index in [4.69, 9.17) is 21.5 Å². The molecule has 2 rings (SSSR count). The number of primary sulfonamides is 1. The van der Waals surface area contributed by atoms with Crippen LogP contribution in [0.15, 0.2) is 47.4 Å². The first kappa shape index (κ1) is 21.7. The maximum atomic E-state index is 12.9. The van der Waals surface area contributed by atoms with Crippen LogP contribution in [0.3, 0.4) is 0 Å². The highest BCUT2D eigenvalue weighted by molar-refractivity contribution is 7.89. The van der Waals surface area contributed by atoms with Gasteiger partial charge in [-0.15, -0.1) is 0 Å². The molecule has 0 atom stereocenters. The molecule has 0 saturated heterocycles. The van der Waals surface area contributed by atoms with Crippen LogP contribution in [0.2, 0.25) is 5.02 Å². The summed E-state index contributed by atoms with van der Waals surface area (Å²) in [4.78, 5) is 11.7. The van der Waals surface area contributed by atoms with Gasteiger partial charge in [0.1, 0.15) is 10.6 Å². The zero-order chi connectivity index (χ0) is 21.1. The molecule has 28 heavy (non-hydrogen) atoms. The fourth-order valence-corrected chi connectivity index (χ4v) is 3.14. The van der Waals surface area contributed by atoms with Gasteiger partial charge in [0, 0.05) is 11.8 Å². The number of ether oxygens (including phenoxy) is 1. The number of hydrogen-bond acceptors (Lipinski definition) is 4. The number of alkyl halides is 3. The van der Waals surface area contributed by atoms with Crippen molar-refractivity contribution in [2.45, 2.75) is 11.1 Å². The van der Waals surface area contributed by atoms with E-state index in [9.17, 15) is 26.4 Å². The number of benzene rings is 2. The molecular formula is C17H14ClF3N2O4S. The third-order valence-corrected chi connectivity index (χ3v) is 4.72. The summed E-state index contributed by atoms with van der Waals surface area (Å²) in [6.07, 6.45) is -2.48. The monoisotopic (exact) mass is 434 g/mol. The first-order valence-corrected chi connectivity index (χ1v) is 9.41. The molecule has 0 radical (unpaired) electrons. The SMILES string of the molecule is COc1ccc(NC(=O)/C=C/c2ccc(Cl)c(C(F)(F)F)c2)cc1S(N)(=O)=O. The van der Waals surface area contributed by atoms with Gasteiger partial charge in [0.25, 0.3) is 0 Å². The van der Waals surface area contributed by atoms with Crippen molar-refractivity contribution in [1.82, 2.24) is 0 Å². The quantitative estimate of drug-likeness (QED) is 0.701. The number of carbonyl (C=O) groups excluding carboxylic acids is 1. The van der Waals surface area contributed by atoms with Gasteiger partial charge in [-0.3, -0.25) is 4.79 Å². The number of rotatable bonds is 5. The molecule has 2 aromatic carbocycles. The van der Waals surface area contributed by atoms with Crippen molar-refractivity contribution in [3.05, 3.63) is 58.6 Å². The van der Waals surface area contributed by atoms with E-state index >= 15 is 0 Å². The Labute approximate surface area is 163 Å². The number of nitrogens with two attached hydrogens (primary N) is 1. The smallest absolute Gasteiger partial charge is 0.417 e. The molecule has 1 amide bonds. The molecule has 0 saturated carbocycles. The molecule has 0 aliphatic heterocycles. The number of halogens is 4. The largest absolute Gasteiger partial charge is 0.495 e. The topological polar surface area (TPSA) is 98.5 Å². The zero-order valence-electron chi connectivity index (χ0n) is 14.2. The molecule has 6 nitrogen and oxygen atoms in total. The Bertz CT molecular complexity index is 1040.